The van der Waals surface area contributed by atoms with Gasteiger partial charge in [-0.3, -0.25) is 14.7 Å². The Morgan fingerprint density at radius 2 is 1.76 bits per heavy atom. The lowest BCUT2D eigenvalue weighted by atomic mass is 10.0. The van der Waals surface area contributed by atoms with E-state index in [1.165, 1.54) is 5.56 Å². The highest BCUT2D eigenvalue weighted by atomic mass is 16.2. The third-order valence-corrected chi connectivity index (χ3v) is 6.53. The van der Waals surface area contributed by atoms with E-state index in [0.717, 1.165) is 80.6 Å². The van der Waals surface area contributed by atoms with Gasteiger partial charge in [-0.1, -0.05) is 25.1 Å². The average molecular weight is 443 g/mol. The fraction of sp³-hybridized carbons (Fsp3) is 0.385. The minimum Gasteiger partial charge on any atom is -0.354 e. The number of piperazine rings is 1. The molecule has 7 heteroatoms. The van der Waals surface area contributed by atoms with Crippen LogP contribution in [-0.2, 0) is 17.6 Å². The first kappa shape index (κ1) is 21.5. The monoisotopic (exact) mass is 442 g/mol. The maximum Gasteiger partial charge on any atom is 0.241 e. The standard InChI is InChI=1S/C26H30N6O/c1-2-22-18-24(29-26(28-22)21-9-11-27-12-10-21)31-16-14-30(15-17-31)19-25(33)32-13-5-7-20-6-3-4-8-23(20)32/h3-4,6,8-12,18H,2,5,7,13-17,19H2,1H3. The number of hydrogen-bond donors (Lipinski definition) is 0. The predicted octanol–water partition coefficient (Wildman–Crippen LogP) is 3.20. The van der Waals surface area contributed by atoms with Crippen LogP contribution in [0.3, 0.4) is 0 Å². The summed E-state index contributed by atoms with van der Waals surface area (Å²) < 4.78 is 0. The van der Waals surface area contributed by atoms with Gasteiger partial charge in [0.15, 0.2) is 5.82 Å². The number of aromatic nitrogens is 3. The first-order valence-electron chi connectivity index (χ1n) is 11.8. The molecule has 1 amide bonds. The minimum atomic E-state index is 0.200. The molecule has 0 radical (unpaired) electrons. The summed E-state index contributed by atoms with van der Waals surface area (Å²) in [6.07, 6.45) is 6.49. The summed E-state index contributed by atoms with van der Waals surface area (Å²) in [4.78, 5) is 33.3. The van der Waals surface area contributed by atoms with Gasteiger partial charge in [-0.05, 0) is 43.0 Å². The van der Waals surface area contributed by atoms with Crippen LogP contribution in [0.2, 0.25) is 0 Å². The molecule has 7 nitrogen and oxygen atoms in total. The van der Waals surface area contributed by atoms with Gasteiger partial charge in [-0.25, -0.2) is 9.97 Å². The van der Waals surface area contributed by atoms with Crippen molar-refractivity contribution >= 4 is 17.4 Å². The molecular formula is C26H30N6O. The molecule has 2 aliphatic heterocycles. The van der Waals surface area contributed by atoms with Gasteiger partial charge >= 0.3 is 0 Å². The molecule has 0 bridgehead atoms. The number of pyridine rings is 1. The maximum atomic E-state index is 13.1. The summed E-state index contributed by atoms with van der Waals surface area (Å²) >= 11 is 0. The van der Waals surface area contributed by atoms with Crippen LogP contribution in [0, 0.1) is 0 Å². The molecule has 0 saturated carbocycles. The Labute approximate surface area is 195 Å². The minimum absolute atomic E-state index is 0.200. The van der Waals surface area contributed by atoms with Crippen molar-refractivity contribution in [1.82, 2.24) is 19.9 Å². The number of nitrogens with zero attached hydrogens (tertiary/aromatic N) is 6. The Bertz CT molecular complexity index is 1110. The summed E-state index contributed by atoms with van der Waals surface area (Å²) in [6, 6.07) is 14.3. The number of fused-ring (bicyclic) bond motifs is 1. The van der Waals surface area contributed by atoms with Crippen LogP contribution in [0.1, 0.15) is 24.6 Å². The lowest BCUT2D eigenvalue weighted by Gasteiger charge is -2.37. The van der Waals surface area contributed by atoms with Crippen molar-refractivity contribution in [2.45, 2.75) is 26.2 Å². The molecule has 1 aromatic carbocycles. The topological polar surface area (TPSA) is 65.5 Å². The summed E-state index contributed by atoms with van der Waals surface area (Å²) in [5.74, 6) is 1.91. The molecule has 0 spiro atoms. The average Bonchev–Trinajstić information content (AvgIpc) is 2.89. The highest BCUT2D eigenvalue weighted by Crippen LogP contribution is 2.27. The zero-order valence-corrected chi connectivity index (χ0v) is 19.2. The maximum absolute atomic E-state index is 13.1. The quantitative estimate of drug-likeness (QED) is 0.605. The van der Waals surface area contributed by atoms with Crippen molar-refractivity contribution in [2.24, 2.45) is 0 Å². The second kappa shape index (κ2) is 9.67. The zero-order chi connectivity index (χ0) is 22.6. The molecule has 2 aromatic heterocycles. The number of rotatable bonds is 5. The van der Waals surface area contributed by atoms with Crippen molar-refractivity contribution < 1.29 is 4.79 Å². The Balaban J connectivity index is 1.24. The van der Waals surface area contributed by atoms with E-state index in [4.69, 9.17) is 9.97 Å². The molecule has 5 rings (SSSR count). The van der Waals surface area contributed by atoms with Crippen molar-refractivity contribution in [2.75, 3.05) is 49.1 Å². The highest BCUT2D eigenvalue weighted by Gasteiger charge is 2.26. The molecule has 33 heavy (non-hydrogen) atoms. The Hall–Kier alpha value is -3.32. The molecule has 1 saturated heterocycles. The number of carbonyl (C=O) groups is 1. The van der Waals surface area contributed by atoms with Gasteiger partial charge in [0.25, 0.3) is 0 Å². The fourth-order valence-electron chi connectivity index (χ4n) is 4.66. The molecule has 0 atom stereocenters. The molecule has 2 aliphatic rings. The van der Waals surface area contributed by atoms with Crippen LogP contribution in [0.4, 0.5) is 11.5 Å². The van der Waals surface area contributed by atoms with Gasteiger partial charge in [0.2, 0.25) is 5.91 Å². The lowest BCUT2D eigenvalue weighted by Crippen LogP contribution is -2.51. The van der Waals surface area contributed by atoms with Crippen LogP contribution in [0.15, 0.2) is 54.9 Å². The van der Waals surface area contributed by atoms with Crippen molar-refractivity contribution in [3.63, 3.8) is 0 Å². The van der Waals surface area contributed by atoms with E-state index in [1.54, 1.807) is 12.4 Å². The molecular weight excluding hydrogens is 412 g/mol. The lowest BCUT2D eigenvalue weighted by molar-refractivity contribution is -0.119. The van der Waals surface area contributed by atoms with E-state index in [2.05, 4.69) is 46.0 Å². The smallest absolute Gasteiger partial charge is 0.241 e. The number of benzene rings is 1. The van der Waals surface area contributed by atoms with E-state index in [0.29, 0.717) is 6.54 Å². The molecule has 0 aliphatic carbocycles. The first-order valence-corrected chi connectivity index (χ1v) is 11.8. The second-order valence-corrected chi connectivity index (χ2v) is 8.67. The van der Waals surface area contributed by atoms with E-state index < -0.39 is 0 Å². The molecule has 4 heterocycles. The van der Waals surface area contributed by atoms with E-state index in [-0.39, 0.29) is 5.91 Å². The molecule has 0 N–H and O–H groups in total. The van der Waals surface area contributed by atoms with E-state index in [1.807, 2.05) is 23.1 Å². The number of para-hydroxylation sites is 1. The normalized spacial score (nSPS) is 16.5. The largest absolute Gasteiger partial charge is 0.354 e. The molecule has 0 unspecified atom stereocenters. The van der Waals surface area contributed by atoms with Crippen LogP contribution >= 0.6 is 0 Å². The van der Waals surface area contributed by atoms with Crippen molar-refractivity contribution in [1.29, 1.82) is 0 Å². The molecule has 170 valence electrons. The fourth-order valence-corrected chi connectivity index (χ4v) is 4.66. The molecule has 3 aromatic rings. The Kier molecular flexibility index (Phi) is 6.30. The summed E-state index contributed by atoms with van der Waals surface area (Å²) in [5.41, 5.74) is 4.38. The SMILES string of the molecule is CCc1cc(N2CCN(CC(=O)N3CCCc4ccccc43)CC2)nc(-c2ccncc2)n1. The zero-order valence-electron chi connectivity index (χ0n) is 19.2. The summed E-state index contributed by atoms with van der Waals surface area (Å²) in [6.45, 7) is 6.78. The number of anilines is 2. The van der Waals surface area contributed by atoms with E-state index >= 15 is 0 Å². The van der Waals surface area contributed by atoms with Gasteiger partial charge in [-0.15, -0.1) is 0 Å². The first-order chi connectivity index (χ1) is 16.2. The summed E-state index contributed by atoms with van der Waals surface area (Å²) in [5, 5.41) is 0. The number of amides is 1. The predicted molar refractivity (Wildman–Crippen MR) is 130 cm³/mol. The number of carbonyl (C=O) groups excluding carboxylic acids is 1. The highest BCUT2D eigenvalue weighted by molar-refractivity contribution is 5.96. The Morgan fingerprint density at radius 3 is 2.55 bits per heavy atom. The van der Waals surface area contributed by atoms with Gasteiger partial charge < -0.3 is 9.80 Å². The van der Waals surface area contributed by atoms with Crippen LogP contribution in [-0.4, -0.2) is 65.0 Å². The van der Waals surface area contributed by atoms with Crippen LogP contribution < -0.4 is 9.80 Å². The second-order valence-electron chi connectivity index (χ2n) is 8.67. The molecule has 1 fully saturated rings. The third kappa shape index (κ3) is 4.73. The third-order valence-electron chi connectivity index (χ3n) is 6.53. The van der Waals surface area contributed by atoms with Gasteiger partial charge in [0.05, 0.1) is 6.54 Å². The van der Waals surface area contributed by atoms with Crippen molar-refractivity contribution in [3.8, 4) is 11.4 Å². The van der Waals surface area contributed by atoms with Gasteiger partial charge in [0, 0.05) is 68.1 Å². The van der Waals surface area contributed by atoms with Crippen molar-refractivity contribution in [3.05, 3.63) is 66.1 Å². The van der Waals surface area contributed by atoms with Gasteiger partial charge in [-0.2, -0.15) is 0 Å². The van der Waals surface area contributed by atoms with Gasteiger partial charge in [0.1, 0.15) is 5.82 Å². The van der Waals surface area contributed by atoms with Crippen LogP contribution in [0.25, 0.3) is 11.4 Å². The van der Waals surface area contributed by atoms with E-state index in [9.17, 15) is 4.79 Å². The Morgan fingerprint density at radius 1 is 0.970 bits per heavy atom. The summed E-state index contributed by atoms with van der Waals surface area (Å²) in [7, 11) is 0. The number of aryl methyl sites for hydroxylation is 2. The van der Waals surface area contributed by atoms with Crippen LogP contribution in [0.5, 0.6) is 0 Å². The number of hydrogen-bond acceptors (Lipinski definition) is 6.